The first-order valence-electron chi connectivity index (χ1n) is 7.61. The summed E-state index contributed by atoms with van der Waals surface area (Å²) < 4.78 is 0. The molecule has 0 amide bonds. The second-order valence-corrected chi connectivity index (χ2v) is 5.28. The van der Waals surface area contributed by atoms with Crippen LogP contribution in [0.2, 0.25) is 0 Å². The molecule has 6 heteroatoms. The third kappa shape index (κ3) is 3.11. The highest BCUT2D eigenvalue weighted by atomic mass is 15.4. The molecule has 0 saturated carbocycles. The minimum absolute atomic E-state index is 0.466. The zero-order valence-electron chi connectivity index (χ0n) is 13.1. The van der Waals surface area contributed by atoms with Crippen LogP contribution in [0, 0.1) is 0 Å². The standard InChI is InChI=1S/C14H26N6/c1-5-11(6-2)19(4)13-16-12(15-3)17-14(18-13)20-9-7-8-10-20/h11H,5-10H2,1-4H3,(H,15,16,17,18). The molecule has 0 aromatic carbocycles. The number of hydrogen-bond acceptors (Lipinski definition) is 6. The third-order valence-electron chi connectivity index (χ3n) is 4.03. The van der Waals surface area contributed by atoms with E-state index in [9.17, 15) is 0 Å². The van der Waals surface area contributed by atoms with Crippen molar-refractivity contribution in [3.05, 3.63) is 0 Å². The summed E-state index contributed by atoms with van der Waals surface area (Å²) in [5.41, 5.74) is 0. The Morgan fingerprint density at radius 3 is 2.35 bits per heavy atom. The zero-order valence-corrected chi connectivity index (χ0v) is 13.1. The summed E-state index contributed by atoms with van der Waals surface area (Å²) in [5, 5.41) is 3.05. The predicted molar refractivity (Wildman–Crippen MR) is 83.6 cm³/mol. The quantitative estimate of drug-likeness (QED) is 0.860. The van der Waals surface area contributed by atoms with Crippen LogP contribution in [-0.4, -0.2) is 48.2 Å². The molecular formula is C14H26N6. The Bertz CT molecular complexity index is 426. The van der Waals surface area contributed by atoms with Crippen LogP contribution in [0.25, 0.3) is 0 Å². The Morgan fingerprint density at radius 1 is 1.15 bits per heavy atom. The number of rotatable bonds is 6. The average Bonchev–Trinajstić information content (AvgIpc) is 3.02. The minimum atomic E-state index is 0.466. The van der Waals surface area contributed by atoms with E-state index in [0.29, 0.717) is 12.0 Å². The van der Waals surface area contributed by atoms with E-state index >= 15 is 0 Å². The molecule has 0 aliphatic carbocycles. The van der Waals surface area contributed by atoms with Crippen molar-refractivity contribution in [2.45, 2.75) is 45.6 Å². The molecular weight excluding hydrogens is 252 g/mol. The molecule has 1 aromatic rings. The Hall–Kier alpha value is -1.59. The zero-order chi connectivity index (χ0) is 14.5. The van der Waals surface area contributed by atoms with Gasteiger partial charge in [0.1, 0.15) is 0 Å². The fourth-order valence-electron chi connectivity index (χ4n) is 2.68. The summed E-state index contributed by atoms with van der Waals surface area (Å²) >= 11 is 0. The molecule has 1 aliphatic heterocycles. The monoisotopic (exact) mass is 278 g/mol. The van der Waals surface area contributed by atoms with Gasteiger partial charge in [-0.1, -0.05) is 13.8 Å². The SMILES string of the molecule is CCC(CC)N(C)c1nc(NC)nc(N2CCCC2)n1. The van der Waals surface area contributed by atoms with Gasteiger partial charge in [0.05, 0.1) is 0 Å². The van der Waals surface area contributed by atoms with Crippen molar-refractivity contribution in [1.29, 1.82) is 0 Å². The topological polar surface area (TPSA) is 57.2 Å². The van der Waals surface area contributed by atoms with Crippen LogP contribution in [0.15, 0.2) is 0 Å². The van der Waals surface area contributed by atoms with Crippen LogP contribution in [-0.2, 0) is 0 Å². The molecule has 0 radical (unpaired) electrons. The lowest BCUT2D eigenvalue weighted by Crippen LogP contribution is -2.33. The second kappa shape index (κ2) is 6.72. The molecule has 1 aromatic heterocycles. The van der Waals surface area contributed by atoms with Gasteiger partial charge in [0.15, 0.2) is 0 Å². The van der Waals surface area contributed by atoms with E-state index < -0.39 is 0 Å². The number of nitrogens with zero attached hydrogens (tertiary/aromatic N) is 5. The molecule has 1 N–H and O–H groups in total. The van der Waals surface area contributed by atoms with Crippen LogP contribution >= 0.6 is 0 Å². The fraction of sp³-hybridized carbons (Fsp3) is 0.786. The molecule has 1 aliphatic rings. The van der Waals surface area contributed by atoms with Crippen LogP contribution < -0.4 is 15.1 Å². The van der Waals surface area contributed by atoms with Crippen molar-refractivity contribution >= 4 is 17.8 Å². The summed E-state index contributed by atoms with van der Waals surface area (Å²) in [7, 11) is 3.92. The molecule has 1 saturated heterocycles. The van der Waals surface area contributed by atoms with Gasteiger partial charge in [0.25, 0.3) is 0 Å². The van der Waals surface area contributed by atoms with E-state index in [1.54, 1.807) is 0 Å². The van der Waals surface area contributed by atoms with Gasteiger partial charge in [-0.05, 0) is 25.7 Å². The molecule has 6 nitrogen and oxygen atoms in total. The molecule has 20 heavy (non-hydrogen) atoms. The first-order chi connectivity index (χ1) is 9.69. The molecule has 2 heterocycles. The van der Waals surface area contributed by atoms with Gasteiger partial charge < -0.3 is 15.1 Å². The summed E-state index contributed by atoms with van der Waals surface area (Å²) in [6.45, 7) is 6.49. The highest BCUT2D eigenvalue weighted by molar-refractivity contribution is 5.45. The Morgan fingerprint density at radius 2 is 1.80 bits per heavy atom. The van der Waals surface area contributed by atoms with Gasteiger partial charge >= 0.3 is 0 Å². The molecule has 0 unspecified atom stereocenters. The molecule has 2 rings (SSSR count). The molecule has 1 fully saturated rings. The van der Waals surface area contributed by atoms with Gasteiger partial charge in [-0.2, -0.15) is 15.0 Å². The Labute approximate surface area is 121 Å². The number of aromatic nitrogens is 3. The summed E-state index contributed by atoms with van der Waals surface area (Å²) in [5.74, 6) is 2.21. The van der Waals surface area contributed by atoms with Gasteiger partial charge in [-0.3, -0.25) is 0 Å². The third-order valence-corrected chi connectivity index (χ3v) is 4.03. The maximum atomic E-state index is 4.67. The summed E-state index contributed by atoms with van der Waals surface area (Å²) in [4.78, 5) is 18.1. The molecule has 0 atom stereocenters. The van der Waals surface area contributed by atoms with Crippen molar-refractivity contribution in [3.63, 3.8) is 0 Å². The van der Waals surface area contributed by atoms with E-state index in [1.165, 1.54) is 12.8 Å². The van der Waals surface area contributed by atoms with Crippen molar-refractivity contribution in [3.8, 4) is 0 Å². The van der Waals surface area contributed by atoms with Crippen molar-refractivity contribution in [2.75, 3.05) is 42.3 Å². The normalized spacial score (nSPS) is 14.9. The lowest BCUT2D eigenvalue weighted by Gasteiger charge is -2.27. The van der Waals surface area contributed by atoms with Crippen LogP contribution in [0.3, 0.4) is 0 Å². The molecule has 0 spiro atoms. The number of anilines is 3. The van der Waals surface area contributed by atoms with E-state index in [1.807, 2.05) is 7.05 Å². The largest absolute Gasteiger partial charge is 0.357 e. The summed E-state index contributed by atoms with van der Waals surface area (Å²) in [6, 6.07) is 0.466. The molecule has 0 bridgehead atoms. The van der Waals surface area contributed by atoms with E-state index in [4.69, 9.17) is 0 Å². The van der Waals surface area contributed by atoms with E-state index in [2.05, 4.69) is 51.0 Å². The highest BCUT2D eigenvalue weighted by Crippen LogP contribution is 2.21. The Kier molecular flexibility index (Phi) is 4.98. The van der Waals surface area contributed by atoms with E-state index in [-0.39, 0.29) is 0 Å². The Balaban J connectivity index is 2.29. The highest BCUT2D eigenvalue weighted by Gasteiger charge is 2.20. The minimum Gasteiger partial charge on any atom is -0.357 e. The smallest absolute Gasteiger partial charge is 0.231 e. The first kappa shape index (κ1) is 14.8. The van der Waals surface area contributed by atoms with Crippen molar-refractivity contribution in [1.82, 2.24) is 15.0 Å². The van der Waals surface area contributed by atoms with Crippen LogP contribution in [0.5, 0.6) is 0 Å². The molecule has 112 valence electrons. The van der Waals surface area contributed by atoms with E-state index in [0.717, 1.165) is 37.8 Å². The predicted octanol–water partition coefficient (Wildman–Crippen LogP) is 2.14. The lowest BCUT2D eigenvalue weighted by molar-refractivity contribution is 0.580. The van der Waals surface area contributed by atoms with Crippen molar-refractivity contribution in [2.24, 2.45) is 0 Å². The number of nitrogens with one attached hydrogen (secondary N) is 1. The second-order valence-electron chi connectivity index (χ2n) is 5.28. The maximum absolute atomic E-state index is 4.67. The lowest BCUT2D eigenvalue weighted by atomic mass is 10.1. The van der Waals surface area contributed by atoms with Crippen LogP contribution in [0.1, 0.15) is 39.5 Å². The number of hydrogen-bond donors (Lipinski definition) is 1. The van der Waals surface area contributed by atoms with Gasteiger partial charge in [0, 0.05) is 33.2 Å². The van der Waals surface area contributed by atoms with Gasteiger partial charge in [-0.15, -0.1) is 0 Å². The van der Waals surface area contributed by atoms with Crippen molar-refractivity contribution < 1.29 is 0 Å². The first-order valence-corrected chi connectivity index (χ1v) is 7.61. The average molecular weight is 278 g/mol. The van der Waals surface area contributed by atoms with Gasteiger partial charge in [0.2, 0.25) is 17.8 Å². The van der Waals surface area contributed by atoms with Crippen LogP contribution in [0.4, 0.5) is 17.8 Å². The fourth-order valence-corrected chi connectivity index (χ4v) is 2.68. The maximum Gasteiger partial charge on any atom is 0.231 e. The van der Waals surface area contributed by atoms with Gasteiger partial charge in [-0.25, -0.2) is 0 Å². The summed E-state index contributed by atoms with van der Waals surface area (Å²) in [6.07, 6.45) is 4.62.